The lowest BCUT2D eigenvalue weighted by Crippen LogP contribution is -2.24. The normalized spacial score (nSPS) is 10.9. The van der Waals surface area contributed by atoms with Crippen LogP contribution in [0.5, 0.6) is 0 Å². The van der Waals surface area contributed by atoms with Crippen molar-refractivity contribution < 1.29 is 9.59 Å². The molecule has 2 aromatic carbocycles. The lowest BCUT2D eigenvalue weighted by atomic mass is 10.2. The Morgan fingerprint density at radius 2 is 1.71 bits per heavy atom. The van der Waals surface area contributed by atoms with Crippen molar-refractivity contribution in [3.05, 3.63) is 71.3 Å². The topological polar surface area (TPSA) is 70.6 Å². The number of hydrogen-bond acceptors (Lipinski definition) is 3. The first-order valence-electron chi connectivity index (χ1n) is 7.23. The molecule has 0 aromatic heterocycles. The van der Waals surface area contributed by atoms with Crippen molar-refractivity contribution in [2.45, 2.75) is 6.42 Å². The minimum absolute atomic E-state index is 0.342. The van der Waals surface area contributed by atoms with Gasteiger partial charge in [-0.15, -0.1) is 0 Å². The number of carbonyl (C=O) groups excluding carboxylic acids is 2. The molecule has 0 radical (unpaired) electrons. The van der Waals surface area contributed by atoms with Gasteiger partial charge in [0, 0.05) is 6.21 Å². The number of hydrogen-bond donors (Lipinski definition) is 2. The van der Waals surface area contributed by atoms with Gasteiger partial charge in [0.05, 0.1) is 10.7 Å². The van der Waals surface area contributed by atoms with E-state index in [9.17, 15) is 9.59 Å². The molecule has 0 aliphatic rings. The molecule has 5 nitrogen and oxygen atoms in total. The Bertz CT molecular complexity index is 758. The van der Waals surface area contributed by atoms with E-state index in [1.807, 2.05) is 36.4 Å². The van der Waals surface area contributed by atoms with Crippen molar-refractivity contribution in [1.82, 2.24) is 5.43 Å². The van der Waals surface area contributed by atoms with Gasteiger partial charge in [-0.1, -0.05) is 60.1 Å². The van der Waals surface area contributed by atoms with Crippen LogP contribution in [0.25, 0.3) is 6.08 Å². The summed E-state index contributed by atoms with van der Waals surface area (Å²) in [6, 6.07) is 16.5. The van der Waals surface area contributed by atoms with Crippen molar-refractivity contribution in [2.75, 3.05) is 5.32 Å². The highest BCUT2D eigenvalue weighted by atomic mass is 35.5. The molecule has 0 unspecified atom stereocenters. The summed E-state index contributed by atoms with van der Waals surface area (Å²) in [4.78, 5) is 23.4. The zero-order chi connectivity index (χ0) is 17.2. The van der Waals surface area contributed by atoms with Crippen LogP contribution in [0.3, 0.4) is 0 Å². The summed E-state index contributed by atoms with van der Waals surface area (Å²) >= 11 is 5.93. The van der Waals surface area contributed by atoms with Gasteiger partial charge in [-0.25, -0.2) is 5.43 Å². The molecule has 2 rings (SSSR count). The van der Waals surface area contributed by atoms with Crippen molar-refractivity contribution in [2.24, 2.45) is 5.10 Å². The van der Waals surface area contributed by atoms with Gasteiger partial charge in [-0.3, -0.25) is 9.59 Å². The Morgan fingerprint density at radius 3 is 2.46 bits per heavy atom. The Hall–Kier alpha value is -2.92. The van der Waals surface area contributed by atoms with Crippen molar-refractivity contribution >= 4 is 41.4 Å². The van der Waals surface area contributed by atoms with E-state index in [0.29, 0.717) is 10.7 Å². The maximum Gasteiger partial charge on any atom is 0.249 e. The number of para-hydroxylation sites is 1. The van der Waals surface area contributed by atoms with E-state index >= 15 is 0 Å². The summed E-state index contributed by atoms with van der Waals surface area (Å²) in [5.41, 5.74) is 3.77. The SMILES string of the molecule is O=C(CC(=O)Nc1ccccc1Cl)NN=CC=Cc1ccccc1. The average Bonchev–Trinajstić information content (AvgIpc) is 2.57. The maximum atomic E-state index is 11.8. The quantitative estimate of drug-likeness (QED) is 0.479. The zero-order valence-corrected chi connectivity index (χ0v) is 13.5. The molecular formula is C18H16ClN3O2. The molecule has 0 aliphatic heterocycles. The fourth-order valence-corrected chi connectivity index (χ4v) is 2.00. The smallest absolute Gasteiger partial charge is 0.249 e. The number of anilines is 1. The fraction of sp³-hybridized carbons (Fsp3) is 0.0556. The van der Waals surface area contributed by atoms with E-state index in [0.717, 1.165) is 5.56 Å². The molecule has 0 saturated carbocycles. The van der Waals surface area contributed by atoms with Crippen molar-refractivity contribution in [1.29, 1.82) is 0 Å². The standard InChI is InChI=1S/C18H16ClN3O2/c19-15-10-4-5-11-16(15)21-17(23)13-18(24)22-20-12-6-9-14-7-2-1-3-8-14/h1-12H,13H2,(H,21,23)(H,22,24). The van der Waals surface area contributed by atoms with Gasteiger partial charge in [0.15, 0.2) is 0 Å². The first kappa shape index (κ1) is 17.4. The van der Waals surface area contributed by atoms with Crippen LogP contribution < -0.4 is 10.7 Å². The van der Waals surface area contributed by atoms with Crippen LogP contribution in [0.2, 0.25) is 5.02 Å². The Labute approximate surface area is 145 Å². The van der Waals surface area contributed by atoms with E-state index in [-0.39, 0.29) is 6.42 Å². The zero-order valence-electron chi connectivity index (χ0n) is 12.8. The lowest BCUT2D eigenvalue weighted by molar-refractivity contribution is -0.126. The number of hydrazone groups is 1. The highest BCUT2D eigenvalue weighted by Gasteiger charge is 2.10. The van der Waals surface area contributed by atoms with E-state index in [1.54, 1.807) is 30.3 Å². The first-order valence-corrected chi connectivity index (χ1v) is 7.61. The second-order valence-electron chi connectivity index (χ2n) is 4.79. The van der Waals surface area contributed by atoms with E-state index < -0.39 is 11.8 Å². The minimum Gasteiger partial charge on any atom is -0.324 e. The van der Waals surface area contributed by atoms with Gasteiger partial charge in [-0.05, 0) is 23.8 Å². The number of amides is 2. The molecule has 0 fully saturated rings. The predicted octanol–water partition coefficient (Wildman–Crippen LogP) is 3.48. The fourth-order valence-electron chi connectivity index (χ4n) is 1.81. The third kappa shape index (κ3) is 6.06. The van der Waals surface area contributed by atoms with E-state index in [1.165, 1.54) is 6.21 Å². The van der Waals surface area contributed by atoms with E-state index in [2.05, 4.69) is 15.8 Å². The number of benzene rings is 2. The lowest BCUT2D eigenvalue weighted by Gasteiger charge is -2.05. The Balaban J connectivity index is 1.75. The number of nitrogens with one attached hydrogen (secondary N) is 2. The number of carbonyl (C=O) groups is 2. The molecule has 122 valence electrons. The molecule has 0 heterocycles. The van der Waals surface area contributed by atoms with Gasteiger partial charge < -0.3 is 5.32 Å². The number of rotatable bonds is 6. The van der Waals surface area contributed by atoms with Crippen molar-refractivity contribution in [3.8, 4) is 0 Å². The molecule has 2 N–H and O–H groups in total. The molecule has 0 spiro atoms. The van der Waals surface area contributed by atoms with E-state index in [4.69, 9.17) is 11.6 Å². The summed E-state index contributed by atoms with van der Waals surface area (Å²) in [6.07, 6.45) is 4.64. The van der Waals surface area contributed by atoms with Crippen LogP contribution in [-0.4, -0.2) is 18.0 Å². The summed E-state index contributed by atoms with van der Waals surface area (Å²) in [7, 11) is 0. The molecule has 0 saturated heterocycles. The minimum atomic E-state index is -0.510. The third-order valence-corrected chi connectivity index (χ3v) is 3.24. The molecule has 0 bridgehead atoms. The highest BCUT2D eigenvalue weighted by Crippen LogP contribution is 2.20. The molecular weight excluding hydrogens is 326 g/mol. The van der Waals surface area contributed by atoms with Crippen LogP contribution in [-0.2, 0) is 9.59 Å². The summed E-state index contributed by atoms with van der Waals surface area (Å²) < 4.78 is 0. The van der Waals surface area contributed by atoms with Crippen LogP contribution >= 0.6 is 11.6 Å². The third-order valence-electron chi connectivity index (χ3n) is 2.91. The highest BCUT2D eigenvalue weighted by molar-refractivity contribution is 6.33. The van der Waals surface area contributed by atoms with Crippen LogP contribution in [0.1, 0.15) is 12.0 Å². The Morgan fingerprint density at radius 1 is 1.00 bits per heavy atom. The number of halogens is 1. The second-order valence-corrected chi connectivity index (χ2v) is 5.19. The monoisotopic (exact) mass is 341 g/mol. The maximum absolute atomic E-state index is 11.8. The summed E-state index contributed by atoms with van der Waals surface area (Å²) in [6.45, 7) is 0. The molecule has 2 aromatic rings. The van der Waals surface area contributed by atoms with Crippen LogP contribution in [0.4, 0.5) is 5.69 Å². The molecule has 2 amide bonds. The molecule has 24 heavy (non-hydrogen) atoms. The van der Waals surface area contributed by atoms with Crippen molar-refractivity contribution in [3.63, 3.8) is 0 Å². The largest absolute Gasteiger partial charge is 0.324 e. The first-order chi connectivity index (χ1) is 11.6. The van der Waals surface area contributed by atoms with Crippen LogP contribution in [0, 0.1) is 0 Å². The Kier molecular flexibility index (Phi) is 6.73. The van der Waals surface area contributed by atoms with Gasteiger partial charge in [-0.2, -0.15) is 5.10 Å². The second kappa shape index (κ2) is 9.27. The molecule has 0 atom stereocenters. The average molecular weight is 342 g/mol. The van der Waals surface area contributed by atoms with Crippen LogP contribution in [0.15, 0.2) is 65.8 Å². The van der Waals surface area contributed by atoms with Gasteiger partial charge in [0.2, 0.25) is 11.8 Å². The summed E-state index contributed by atoms with van der Waals surface area (Å²) in [5, 5.41) is 6.73. The van der Waals surface area contributed by atoms with Gasteiger partial charge in [0.25, 0.3) is 0 Å². The molecule has 0 aliphatic carbocycles. The summed E-state index contributed by atoms with van der Waals surface area (Å²) in [5.74, 6) is -0.973. The number of allylic oxidation sites excluding steroid dienone is 1. The molecule has 6 heteroatoms. The number of nitrogens with zero attached hydrogens (tertiary/aromatic N) is 1. The van der Waals surface area contributed by atoms with Gasteiger partial charge >= 0.3 is 0 Å². The predicted molar refractivity (Wildman–Crippen MR) is 96.8 cm³/mol. The van der Waals surface area contributed by atoms with Gasteiger partial charge in [0.1, 0.15) is 6.42 Å².